The van der Waals surface area contributed by atoms with Gasteiger partial charge in [-0.2, -0.15) is 0 Å². The summed E-state index contributed by atoms with van der Waals surface area (Å²) in [4.78, 5) is 0. The SMILES string of the molecule is CCCS(=O)(=O)NC[C@@H](C)NCC. The zero-order chi connectivity index (χ0) is 10.3. The summed E-state index contributed by atoms with van der Waals surface area (Å²) in [5.41, 5.74) is 0. The van der Waals surface area contributed by atoms with Crippen molar-refractivity contribution in [3.05, 3.63) is 0 Å². The number of nitrogens with one attached hydrogen (secondary N) is 2. The van der Waals surface area contributed by atoms with Crippen molar-refractivity contribution in [3.8, 4) is 0 Å². The van der Waals surface area contributed by atoms with Gasteiger partial charge >= 0.3 is 0 Å². The molecule has 0 heterocycles. The van der Waals surface area contributed by atoms with E-state index in [0.717, 1.165) is 6.54 Å². The fourth-order valence-electron chi connectivity index (χ4n) is 1.01. The molecule has 1 atom stereocenters. The number of likely N-dealkylation sites (N-methyl/N-ethyl adjacent to an activating group) is 1. The third kappa shape index (κ3) is 6.98. The van der Waals surface area contributed by atoms with Crippen LogP contribution in [0.3, 0.4) is 0 Å². The van der Waals surface area contributed by atoms with Crippen molar-refractivity contribution in [1.82, 2.24) is 10.0 Å². The number of sulfonamides is 1. The number of hydrogen-bond acceptors (Lipinski definition) is 3. The third-order valence-electron chi connectivity index (χ3n) is 1.63. The smallest absolute Gasteiger partial charge is 0.211 e. The topological polar surface area (TPSA) is 58.2 Å². The van der Waals surface area contributed by atoms with Crippen LogP contribution in [-0.4, -0.2) is 33.3 Å². The fourth-order valence-corrected chi connectivity index (χ4v) is 2.20. The van der Waals surface area contributed by atoms with Crippen LogP contribution in [0, 0.1) is 0 Å². The molecule has 5 heteroatoms. The molecule has 0 fully saturated rings. The summed E-state index contributed by atoms with van der Waals surface area (Å²) < 4.78 is 25.0. The van der Waals surface area contributed by atoms with Crippen molar-refractivity contribution in [2.45, 2.75) is 33.2 Å². The number of rotatable bonds is 7. The van der Waals surface area contributed by atoms with Gasteiger partial charge in [0.1, 0.15) is 0 Å². The molecule has 0 aliphatic rings. The predicted molar refractivity (Wildman–Crippen MR) is 55.2 cm³/mol. The summed E-state index contributed by atoms with van der Waals surface area (Å²) in [5, 5.41) is 3.13. The molecule has 13 heavy (non-hydrogen) atoms. The summed E-state index contributed by atoms with van der Waals surface area (Å²) >= 11 is 0. The molecule has 0 aliphatic carbocycles. The first-order valence-corrected chi connectivity index (χ1v) is 6.37. The first-order chi connectivity index (χ1) is 6.02. The molecule has 0 aliphatic heterocycles. The van der Waals surface area contributed by atoms with Crippen molar-refractivity contribution in [2.24, 2.45) is 0 Å². The van der Waals surface area contributed by atoms with Gasteiger partial charge in [0, 0.05) is 12.6 Å². The molecule has 80 valence electrons. The number of hydrogen-bond donors (Lipinski definition) is 2. The molecule has 4 nitrogen and oxygen atoms in total. The van der Waals surface area contributed by atoms with Crippen molar-refractivity contribution >= 4 is 10.0 Å². The summed E-state index contributed by atoms with van der Waals surface area (Å²) in [6.45, 7) is 7.13. The molecule has 2 N–H and O–H groups in total. The summed E-state index contributed by atoms with van der Waals surface area (Å²) in [7, 11) is -3.04. The molecule has 0 aromatic carbocycles. The van der Waals surface area contributed by atoms with Crippen LogP contribution in [0.2, 0.25) is 0 Å². The average molecular weight is 208 g/mol. The van der Waals surface area contributed by atoms with Crippen LogP contribution in [0.15, 0.2) is 0 Å². The van der Waals surface area contributed by atoms with Gasteiger partial charge in [-0.15, -0.1) is 0 Å². The predicted octanol–water partition coefficient (Wildman–Crippen LogP) is 0.314. The molecule has 0 rings (SSSR count). The normalized spacial score (nSPS) is 14.4. The van der Waals surface area contributed by atoms with Crippen LogP contribution >= 0.6 is 0 Å². The van der Waals surface area contributed by atoms with Crippen molar-refractivity contribution < 1.29 is 8.42 Å². The van der Waals surface area contributed by atoms with Crippen LogP contribution < -0.4 is 10.0 Å². The minimum absolute atomic E-state index is 0.191. The lowest BCUT2D eigenvalue weighted by atomic mass is 10.3. The van der Waals surface area contributed by atoms with Crippen LogP contribution in [0.4, 0.5) is 0 Å². The molecule has 0 saturated heterocycles. The van der Waals surface area contributed by atoms with Gasteiger partial charge in [0.05, 0.1) is 5.75 Å². The Kier molecular flexibility index (Phi) is 6.28. The molecular weight excluding hydrogens is 188 g/mol. The van der Waals surface area contributed by atoms with E-state index in [1.165, 1.54) is 0 Å². The van der Waals surface area contributed by atoms with Gasteiger partial charge in [0.25, 0.3) is 0 Å². The van der Waals surface area contributed by atoms with E-state index in [1.807, 2.05) is 20.8 Å². The molecule has 0 aromatic rings. The second kappa shape index (κ2) is 6.34. The van der Waals surface area contributed by atoms with Gasteiger partial charge < -0.3 is 5.32 Å². The molecule has 0 spiro atoms. The molecular formula is C8H20N2O2S. The molecule has 0 radical (unpaired) electrons. The highest BCUT2D eigenvalue weighted by Crippen LogP contribution is 1.88. The van der Waals surface area contributed by atoms with E-state index in [0.29, 0.717) is 13.0 Å². The van der Waals surface area contributed by atoms with Crippen molar-refractivity contribution in [1.29, 1.82) is 0 Å². The van der Waals surface area contributed by atoms with E-state index in [1.54, 1.807) is 0 Å². The van der Waals surface area contributed by atoms with Gasteiger partial charge in [-0.1, -0.05) is 13.8 Å². The van der Waals surface area contributed by atoms with Crippen LogP contribution in [0.25, 0.3) is 0 Å². The lowest BCUT2D eigenvalue weighted by Crippen LogP contribution is -2.39. The lowest BCUT2D eigenvalue weighted by Gasteiger charge is -2.12. The van der Waals surface area contributed by atoms with E-state index in [2.05, 4.69) is 10.0 Å². The third-order valence-corrected chi connectivity index (χ3v) is 3.19. The highest BCUT2D eigenvalue weighted by Gasteiger charge is 2.09. The van der Waals surface area contributed by atoms with Crippen LogP contribution in [-0.2, 0) is 10.0 Å². The van der Waals surface area contributed by atoms with Gasteiger partial charge in [-0.25, -0.2) is 13.1 Å². The molecule has 0 aromatic heterocycles. The lowest BCUT2D eigenvalue weighted by molar-refractivity contribution is 0.535. The maximum absolute atomic E-state index is 11.2. The van der Waals surface area contributed by atoms with Crippen LogP contribution in [0.1, 0.15) is 27.2 Å². The van der Waals surface area contributed by atoms with E-state index in [-0.39, 0.29) is 11.8 Å². The van der Waals surface area contributed by atoms with Gasteiger partial charge in [0.15, 0.2) is 0 Å². The van der Waals surface area contributed by atoms with Crippen LogP contribution in [0.5, 0.6) is 0 Å². The average Bonchev–Trinajstić information content (AvgIpc) is 2.02. The van der Waals surface area contributed by atoms with Gasteiger partial charge in [-0.3, -0.25) is 0 Å². The highest BCUT2D eigenvalue weighted by molar-refractivity contribution is 7.89. The Labute approximate surface area is 81.2 Å². The highest BCUT2D eigenvalue weighted by atomic mass is 32.2. The Morgan fingerprint density at radius 2 is 1.92 bits per heavy atom. The Bertz CT molecular complexity index is 214. The fraction of sp³-hybridized carbons (Fsp3) is 1.00. The maximum Gasteiger partial charge on any atom is 0.211 e. The summed E-state index contributed by atoms with van der Waals surface area (Å²) in [5.74, 6) is 0.214. The maximum atomic E-state index is 11.2. The quantitative estimate of drug-likeness (QED) is 0.633. The first-order valence-electron chi connectivity index (χ1n) is 4.72. The molecule has 0 unspecified atom stereocenters. The summed E-state index contributed by atoms with van der Waals surface area (Å²) in [6, 6.07) is 0.191. The standard InChI is InChI=1S/C8H20N2O2S/c1-4-6-13(11,12)10-7-8(3)9-5-2/h8-10H,4-7H2,1-3H3/t8-/m1/s1. The molecule has 0 bridgehead atoms. The van der Waals surface area contributed by atoms with E-state index in [4.69, 9.17) is 0 Å². The molecule has 0 saturated carbocycles. The minimum Gasteiger partial charge on any atom is -0.313 e. The zero-order valence-corrected chi connectivity index (χ0v) is 9.45. The van der Waals surface area contributed by atoms with Gasteiger partial charge in [0.2, 0.25) is 10.0 Å². The zero-order valence-electron chi connectivity index (χ0n) is 8.63. The first kappa shape index (κ1) is 12.9. The van der Waals surface area contributed by atoms with E-state index in [9.17, 15) is 8.42 Å². The second-order valence-corrected chi connectivity index (χ2v) is 5.05. The van der Waals surface area contributed by atoms with Crippen molar-refractivity contribution in [2.75, 3.05) is 18.8 Å². The monoisotopic (exact) mass is 208 g/mol. The Balaban J connectivity index is 3.74. The summed E-state index contributed by atoms with van der Waals surface area (Å²) in [6.07, 6.45) is 0.658. The van der Waals surface area contributed by atoms with E-state index < -0.39 is 10.0 Å². The molecule has 0 amide bonds. The second-order valence-electron chi connectivity index (χ2n) is 3.13. The largest absolute Gasteiger partial charge is 0.313 e. The Morgan fingerprint density at radius 1 is 1.31 bits per heavy atom. The van der Waals surface area contributed by atoms with Crippen molar-refractivity contribution in [3.63, 3.8) is 0 Å². The van der Waals surface area contributed by atoms with E-state index >= 15 is 0 Å². The minimum atomic E-state index is -3.04. The van der Waals surface area contributed by atoms with Gasteiger partial charge in [-0.05, 0) is 19.9 Å². The Hall–Kier alpha value is -0.130. The Morgan fingerprint density at radius 3 is 2.38 bits per heavy atom.